The van der Waals surface area contributed by atoms with Gasteiger partial charge in [0.2, 0.25) is 0 Å². The van der Waals surface area contributed by atoms with Gasteiger partial charge in [-0.25, -0.2) is 4.79 Å². The summed E-state index contributed by atoms with van der Waals surface area (Å²) >= 11 is 5.93. The van der Waals surface area contributed by atoms with Gasteiger partial charge in [0.25, 0.3) is 0 Å². The number of likely N-dealkylation sites (tertiary alicyclic amines) is 1. The number of benzene rings is 1. The van der Waals surface area contributed by atoms with Crippen LogP contribution < -0.4 is 5.32 Å². The Bertz CT molecular complexity index is 529. The first-order chi connectivity index (χ1) is 11.2. The van der Waals surface area contributed by atoms with Gasteiger partial charge >= 0.3 is 6.03 Å². The number of halogens is 1. The summed E-state index contributed by atoms with van der Waals surface area (Å²) in [6, 6.07) is 7.54. The predicted octanol–water partition coefficient (Wildman–Crippen LogP) is 2.58. The van der Waals surface area contributed by atoms with Gasteiger partial charge in [-0.05, 0) is 42.9 Å². The Morgan fingerprint density at radius 2 is 1.96 bits per heavy atom. The second-order valence-corrected chi connectivity index (χ2v) is 6.74. The monoisotopic (exact) mass is 338 g/mol. The summed E-state index contributed by atoms with van der Waals surface area (Å²) in [4.78, 5) is 14.3. The maximum atomic E-state index is 12.5. The van der Waals surface area contributed by atoms with E-state index in [2.05, 4.69) is 5.32 Å². The SMILES string of the molecule is O=C(NC1CCOC1c1ccc(Cl)cc1)N1CCC(CO)CC1. The Balaban J connectivity index is 1.58. The molecule has 6 heteroatoms. The molecule has 0 aromatic heterocycles. The van der Waals surface area contributed by atoms with Gasteiger partial charge in [0.1, 0.15) is 6.10 Å². The number of piperidine rings is 1. The molecule has 2 aliphatic rings. The van der Waals surface area contributed by atoms with Crippen LogP contribution in [0.4, 0.5) is 4.79 Å². The minimum atomic E-state index is -0.119. The largest absolute Gasteiger partial charge is 0.396 e. The summed E-state index contributed by atoms with van der Waals surface area (Å²) in [6.45, 7) is 2.27. The Kier molecular flexibility index (Phi) is 5.41. The zero-order valence-electron chi connectivity index (χ0n) is 13.1. The third kappa shape index (κ3) is 3.97. The summed E-state index contributed by atoms with van der Waals surface area (Å²) in [7, 11) is 0. The van der Waals surface area contributed by atoms with Gasteiger partial charge < -0.3 is 20.1 Å². The van der Waals surface area contributed by atoms with Gasteiger partial charge in [-0.3, -0.25) is 0 Å². The minimum Gasteiger partial charge on any atom is -0.396 e. The quantitative estimate of drug-likeness (QED) is 0.890. The van der Waals surface area contributed by atoms with Crippen molar-refractivity contribution in [3.63, 3.8) is 0 Å². The second-order valence-electron chi connectivity index (χ2n) is 6.30. The van der Waals surface area contributed by atoms with Crippen molar-refractivity contribution in [3.05, 3.63) is 34.9 Å². The Morgan fingerprint density at radius 1 is 1.26 bits per heavy atom. The number of rotatable bonds is 3. The standard InChI is InChI=1S/C17H23ClN2O3/c18-14-3-1-13(2-4-14)16-15(7-10-23-16)19-17(22)20-8-5-12(11-21)6-9-20/h1-4,12,15-16,21H,5-11H2,(H,19,22). The number of aliphatic hydroxyl groups excluding tert-OH is 1. The van der Waals surface area contributed by atoms with E-state index >= 15 is 0 Å². The van der Waals surface area contributed by atoms with Crippen molar-refractivity contribution in [2.75, 3.05) is 26.3 Å². The fourth-order valence-corrected chi connectivity index (χ4v) is 3.41. The number of urea groups is 1. The van der Waals surface area contributed by atoms with Crippen molar-refractivity contribution in [2.45, 2.75) is 31.4 Å². The van der Waals surface area contributed by atoms with Crippen molar-refractivity contribution >= 4 is 17.6 Å². The molecule has 126 valence electrons. The highest BCUT2D eigenvalue weighted by molar-refractivity contribution is 6.30. The molecule has 2 saturated heterocycles. The molecule has 0 radical (unpaired) electrons. The van der Waals surface area contributed by atoms with E-state index in [1.165, 1.54) is 0 Å². The lowest BCUT2D eigenvalue weighted by atomic mass is 9.98. The maximum Gasteiger partial charge on any atom is 0.317 e. The first-order valence-corrected chi connectivity index (χ1v) is 8.58. The zero-order chi connectivity index (χ0) is 16.2. The first-order valence-electron chi connectivity index (χ1n) is 8.20. The molecule has 2 heterocycles. The average Bonchev–Trinajstić information content (AvgIpc) is 3.03. The number of carbonyl (C=O) groups excluding carboxylic acids is 1. The molecular formula is C17H23ClN2O3. The van der Waals surface area contributed by atoms with Crippen LogP contribution in [0.5, 0.6) is 0 Å². The van der Waals surface area contributed by atoms with E-state index < -0.39 is 0 Å². The summed E-state index contributed by atoms with van der Waals surface area (Å²) in [5.74, 6) is 0.329. The van der Waals surface area contributed by atoms with Crippen molar-refractivity contribution in [1.29, 1.82) is 0 Å². The topological polar surface area (TPSA) is 61.8 Å². The molecule has 1 aromatic rings. The van der Waals surface area contributed by atoms with E-state index in [1.807, 2.05) is 29.2 Å². The smallest absolute Gasteiger partial charge is 0.317 e. The maximum absolute atomic E-state index is 12.5. The molecule has 2 unspecified atom stereocenters. The highest BCUT2D eigenvalue weighted by Gasteiger charge is 2.32. The van der Waals surface area contributed by atoms with Gasteiger partial charge in [-0.1, -0.05) is 23.7 Å². The van der Waals surface area contributed by atoms with Gasteiger partial charge in [0.15, 0.2) is 0 Å². The molecular weight excluding hydrogens is 316 g/mol. The van der Waals surface area contributed by atoms with Crippen molar-refractivity contribution in [1.82, 2.24) is 10.2 Å². The van der Waals surface area contributed by atoms with E-state index in [1.54, 1.807) is 0 Å². The molecule has 2 N–H and O–H groups in total. The molecule has 2 atom stereocenters. The number of hydrogen-bond donors (Lipinski definition) is 2. The normalized spacial score (nSPS) is 25.6. The van der Waals surface area contributed by atoms with Crippen LogP contribution in [0.15, 0.2) is 24.3 Å². The highest BCUT2D eigenvalue weighted by Crippen LogP contribution is 2.30. The van der Waals surface area contributed by atoms with Gasteiger partial charge in [0.05, 0.1) is 6.04 Å². The second kappa shape index (κ2) is 7.51. The number of nitrogens with one attached hydrogen (secondary N) is 1. The van der Waals surface area contributed by atoms with E-state index in [-0.39, 0.29) is 24.8 Å². The average molecular weight is 339 g/mol. The molecule has 0 aliphatic carbocycles. The van der Waals surface area contributed by atoms with E-state index in [0.29, 0.717) is 30.6 Å². The summed E-state index contributed by atoms with van der Waals surface area (Å²) in [6.07, 6.45) is 2.43. The summed E-state index contributed by atoms with van der Waals surface area (Å²) in [5, 5.41) is 13.0. The predicted molar refractivity (Wildman–Crippen MR) is 88.5 cm³/mol. The highest BCUT2D eigenvalue weighted by atomic mass is 35.5. The number of aliphatic hydroxyl groups is 1. The fraction of sp³-hybridized carbons (Fsp3) is 0.588. The van der Waals surface area contributed by atoms with Gasteiger partial charge in [-0.15, -0.1) is 0 Å². The lowest BCUT2D eigenvalue weighted by Gasteiger charge is -2.32. The molecule has 5 nitrogen and oxygen atoms in total. The number of carbonyl (C=O) groups is 1. The molecule has 0 spiro atoms. The van der Waals surface area contributed by atoms with Crippen LogP contribution >= 0.6 is 11.6 Å². The number of hydrogen-bond acceptors (Lipinski definition) is 3. The summed E-state index contributed by atoms with van der Waals surface area (Å²) in [5.41, 5.74) is 1.04. The third-order valence-corrected chi connectivity index (χ3v) is 5.01. The third-order valence-electron chi connectivity index (χ3n) is 4.76. The lowest BCUT2D eigenvalue weighted by Crippen LogP contribution is -2.48. The van der Waals surface area contributed by atoms with Crippen LogP contribution in [0.3, 0.4) is 0 Å². The molecule has 2 aliphatic heterocycles. The van der Waals surface area contributed by atoms with Crippen LogP contribution in [-0.4, -0.2) is 48.4 Å². The molecule has 1 aromatic carbocycles. The molecule has 2 fully saturated rings. The lowest BCUT2D eigenvalue weighted by molar-refractivity contribution is 0.0956. The molecule has 3 rings (SSSR count). The van der Waals surface area contributed by atoms with Crippen LogP contribution in [0, 0.1) is 5.92 Å². The van der Waals surface area contributed by atoms with E-state index in [0.717, 1.165) is 24.8 Å². The van der Waals surface area contributed by atoms with Crippen LogP contribution in [0.25, 0.3) is 0 Å². The Labute approximate surface area is 141 Å². The number of amides is 2. The molecule has 2 amide bonds. The van der Waals surface area contributed by atoms with Gasteiger partial charge in [0, 0.05) is 31.3 Å². The molecule has 23 heavy (non-hydrogen) atoms. The fourth-order valence-electron chi connectivity index (χ4n) is 3.29. The Hall–Kier alpha value is -1.30. The van der Waals surface area contributed by atoms with Crippen molar-refractivity contribution in [2.24, 2.45) is 5.92 Å². The number of ether oxygens (including phenoxy) is 1. The minimum absolute atomic E-state index is 0.0146. The Morgan fingerprint density at radius 3 is 2.61 bits per heavy atom. The first kappa shape index (κ1) is 16.6. The van der Waals surface area contributed by atoms with E-state index in [4.69, 9.17) is 16.3 Å². The van der Waals surface area contributed by atoms with Crippen molar-refractivity contribution < 1.29 is 14.6 Å². The van der Waals surface area contributed by atoms with E-state index in [9.17, 15) is 9.90 Å². The van der Waals surface area contributed by atoms with Crippen molar-refractivity contribution in [3.8, 4) is 0 Å². The van der Waals surface area contributed by atoms with Crippen LogP contribution in [0.1, 0.15) is 30.9 Å². The molecule has 0 saturated carbocycles. The zero-order valence-corrected chi connectivity index (χ0v) is 13.8. The van der Waals surface area contributed by atoms with Crippen LogP contribution in [0.2, 0.25) is 5.02 Å². The van der Waals surface area contributed by atoms with Crippen LogP contribution in [-0.2, 0) is 4.74 Å². The molecule has 0 bridgehead atoms. The summed E-state index contributed by atoms with van der Waals surface area (Å²) < 4.78 is 5.80. The van der Waals surface area contributed by atoms with Gasteiger partial charge in [-0.2, -0.15) is 0 Å². The number of nitrogens with zero attached hydrogens (tertiary/aromatic N) is 1.